The van der Waals surface area contributed by atoms with Gasteiger partial charge >= 0.3 is 0 Å². The quantitative estimate of drug-likeness (QED) is 0.784. The van der Waals surface area contributed by atoms with Gasteiger partial charge in [-0.1, -0.05) is 30.3 Å². The molecule has 2 heterocycles. The first-order chi connectivity index (χ1) is 11.7. The summed E-state index contributed by atoms with van der Waals surface area (Å²) >= 11 is 0. The molecule has 0 saturated carbocycles. The standard InChI is InChI=1S/C18H24N4O2/c1-2-20-10-12-21(13-11-20)18(24)14-22-17(23)9-8-16(19-22)15-6-4-3-5-7-15/h3-8,19H,2,9-14H2,1H3/p+1. The van der Waals surface area contributed by atoms with Gasteiger partial charge in [0.15, 0.2) is 0 Å². The van der Waals surface area contributed by atoms with Crippen LogP contribution in [0.2, 0.25) is 0 Å². The Kier molecular flexibility index (Phi) is 5.15. The Hall–Kier alpha value is -2.34. The van der Waals surface area contributed by atoms with Gasteiger partial charge in [0.05, 0.1) is 38.4 Å². The summed E-state index contributed by atoms with van der Waals surface area (Å²) in [5.41, 5.74) is 5.00. The number of benzene rings is 1. The molecule has 6 heteroatoms. The molecular weight excluding hydrogens is 304 g/mol. The molecule has 0 unspecified atom stereocenters. The Bertz CT molecular complexity index is 621. The molecule has 6 nitrogen and oxygen atoms in total. The Labute approximate surface area is 142 Å². The summed E-state index contributed by atoms with van der Waals surface area (Å²) in [4.78, 5) is 28.0. The average Bonchev–Trinajstić information content (AvgIpc) is 2.64. The monoisotopic (exact) mass is 329 g/mol. The van der Waals surface area contributed by atoms with E-state index in [9.17, 15) is 9.59 Å². The van der Waals surface area contributed by atoms with Crippen molar-refractivity contribution >= 4 is 17.5 Å². The van der Waals surface area contributed by atoms with E-state index in [1.807, 2.05) is 41.3 Å². The van der Waals surface area contributed by atoms with E-state index < -0.39 is 0 Å². The first kappa shape index (κ1) is 16.5. The summed E-state index contributed by atoms with van der Waals surface area (Å²) in [6, 6.07) is 9.85. The fourth-order valence-corrected chi connectivity index (χ4v) is 3.14. The zero-order valence-electron chi connectivity index (χ0n) is 14.1. The molecule has 2 aliphatic rings. The number of carbonyl (C=O) groups is 2. The lowest BCUT2D eigenvalue weighted by atomic mass is 10.1. The highest BCUT2D eigenvalue weighted by Gasteiger charge is 2.27. The predicted octanol–water partition coefficient (Wildman–Crippen LogP) is -0.489. The number of piperazine rings is 1. The summed E-state index contributed by atoms with van der Waals surface area (Å²) in [7, 11) is 0. The van der Waals surface area contributed by atoms with E-state index in [0.717, 1.165) is 44.0 Å². The van der Waals surface area contributed by atoms with Crippen molar-refractivity contribution in [2.75, 3.05) is 39.3 Å². The lowest BCUT2D eigenvalue weighted by Gasteiger charge is -2.34. The van der Waals surface area contributed by atoms with Crippen molar-refractivity contribution in [1.29, 1.82) is 0 Å². The molecule has 0 radical (unpaired) electrons. The lowest BCUT2D eigenvalue weighted by molar-refractivity contribution is -0.902. The van der Waals surface area contributed by atoms with Gasteiger partial charge in [-0.25, -0.2) is 5.01 Å². The molecular formula is C18H25N4O2+. The fourth-order valence-electron chi connectivity index (χ4n) is 3.14. The summed E-state index contributed by atoms with van der Waals surface area (Å²) in [6.45, 7) is 6.86. The van der Waals surface area contributed by atoms with Gasteiger partial charge in [-0.2, -0.15) is 0 Å². The van der Waals surface area contributed by atoms with Crippen molar-refractivity contribution in [2.24, 2.45) is 0 Å². The highest BCUT2D eigenvalue weighted by Crippen LogP contribution is 2.16. The number of quaternary nitrogens is 1. The number of rotatable bonds is 4. The molecule has 0 spiro atoms. The van der Waals surface area contributed by atoms with Crippen molar-refractivity contribution in [3.8, 4) is 0 Å². The Balaban J connectivity index is 1.59. The summed E-state index contributed by atoms with van der Waals surface area (Å²) in [5, 5.41) is 1.45. The van der Waals surface area contributed by atoms with Crippen LogP contribution >= 0.6 is 0 Å². The number of hydrogen-bond donors (Lipinski definition) is 2. The van der Waals surface area contributed by atoms with Gasteiger partial charge < -0.3 is 9.80 Å². The van der Waals surface area contributed by atoms with Crippen LogP contribution in [-0.2, 0) is 9.59 Å². The second-order valence-corrected chi connectivity index (χ2v) is 6.26. The van der Waals surface area contributed by atoms with Crippen molar-refractivity contribution in [3.05, 3.63) is 42.0 Å². The van der Waals surface area contributed by atoms with Crippen LogP contribution in [0.3, 0.4) is 0 Å². The molecule has 2 amide bonds. The van der Waals surface area contributed by atoms with E-state index in [-0.39, 0.29) is 18.4 Å². The third kappa shape index (κ3) is 3.76. The van der Waals surface area contributed by atoms with Crippen molar-refractivity contribution in [1.82, 2.24) is 15.3 Å². The third-order valence-corrected chi connectivity index (χ3v) is 4.74. The third-order valence-electron chi connectivity index (χ3n) is 4.74. The Morgan fingerprint density at radius 1 is 1.21 bits per heavy atom. The van der Waals surface area contributed by atoms with Crippen LogP contribution in [-0.4, -0.2) is 61.0 Å². The van der Waals surface area contributed by atoms with E-state index in [1.165, 1.54) is 9.91 Å². The maximum atomic E-state index is 12.5. The molecule has 1 aromatic carbocycles. The molecule has 1 fully saturated rings. The minimum Gasteiger partial charge on any atom is -0.332 e. The molecule has 0 bridgehead atoms. The largest absolute Gasteiger partial charge is 0.332 e. The molecule has 0 aromatic heterocycles. The second kappa shape index (κ2) is 7.49. The van der Waals surface area contributed by atoms with Gasteiger partial charge in [0, 0.05) is 6.42 Å². The lowest BCUT2D eigenvalue weighted by Crippen LogP contribution is -3.14. The first-order valence-corrected chi connectivity index (χ1v) is 8.61. The zero-order chi connectivity index (χ0) is 16.9. The van der Waals surface area contributed by atoms with Gasteiger partial charge in [0.2, 0.25) is 11.8 Å². The van der Waals surface area contributed by atoms with Crippen LogP contribution < -0.4 is 10.3 Å². The number of likely N-dealkylation sites (N-methyl/N-ethyl adjacent to an activating group) is 1. The fraction of sp³-hybridized carbons (Fsp3) is 0.444. The summed E-state index contributed by atoms with van der Waals surface area (Å²) < 4.78 is 0. The number of carbonyl (C=O) groups excluding carboxylic acids is 2. The van der Waals surface area contributed by atoms with Gasteiger partial charge in [-0.3, -0.25) is 15.0 Å². The van der Waals surface area contributed by atoms with Crippen molar-refractivity contribution in [2.45, 2.75) is 13.3 Å². The minimum absolute atomic E-state index is 0.0142. The van der Waals surface area contributed by atoms with Crippen LogP contribution in [0.15, 0.2) is 36.4 Å². The van der Waals surface area contributed by atoms with Crippen LogP contribution in [0.25, 0.3) is 5.70 Å². The smallest absolute Gasteiger partial charge is 0.245 e. The highest BCUT2D eigenvalue weighted by atomic mass is 16.2. The summed E-state index contributed by atoms with van der Waals surface area (Å²) in [5.74, 6) is -0.0545. The topological polar surface area (TPSA) is 57.1 Å². The zero-order valence-corrected chi connectivity index (χ0v) is 14.1. The van der Waals surface area contributed by atoms with Crippen LogP contribution in [0, 0.1) is 0 Å². The molecule has 1 saturated heterocycles. The second-order valence-electron chi connectivity index (χ2n) is 6.26. The first-order valence-electron chi connectivity index (χ1n) is 8.61. The number of nitrogens with one attached hydrogen (secondary N) is 2. The van der Waals surface area contributed by atoms with Crippen molar-refractivity contribution in [3.63, 3.8) is 0 Å². The van der Waals surface area contributed by atoms with Gasteiger partial charge in [0.1, 0.15) is 6.54 Å². The number of nitrogens with zero attached hydrogens (tertiary/aromatic N) is 2. The summed E-state index contributed by atoms with van der Waals surface area (Å²) in [6.07, 6.45) is 2.19. The Morgan fingerprint density at radius 2 is 1.92 bits per heavy atom. The van der Waals surface area contributed by atoms with Gasteiger partial charge in [-0.15, -0.1) is 0 Å². The van der Waals surface area contributed by atoms with Crippen LogP contribution in [0.1, 0.15) is 18.9 Å². The van der Waals surface area contributed by atoms with E-state index in [1.54, 1.807) is 0 Å². The maximum absolute atomic E-state index is 12.5. The van der Waals surface area contributed by atoms with E-state index in [4.69, 9.17) is 0 Å². The molecule has 24 heavy (non-hydrogen) atoms. The minimum atomic E-state index is -0.0687. The number of hydrogen-bond acceptors (Lipinski definition) is 3. The highest BCUT2D eigenvalue weighted by molar-refractivity contribution is 5.88. The number of amides is 2. The van der Waals surface area contributed by atoms with E-state index in [0.29, 0.717) is 6.42 Å². The van der Waals surface area contributed by atoms with Crippen LogP contribution in [0.4, 0.5) is 0 Å². The predicted molar refractivity (Wildman–Crippen MR) is 91.7 cm³/mol. The maximum Gasteiger partial charge on any atom is 0.245 e. The average molecular weight is 329 g/mol. The molecule has 3 rings (SSSR count). The molecule has 0 aliphatic carbocycles. The number of hydrazine groups is 1. The molecule has 0 atom stereocenters. The van der Waals surface area contributed by atoms with Crippen LogP contribution in [0.5, 0.6) is 0 Å². The van der Waals surface area contributed by atoms with Crippen molar-refractivity contribution < 1.29 is 14.5 Å². The van der Waals surface area contributed by atoms with E-state index >= 15 is 0 Å². The SMILES string of the molecule is CC[NH+]1CCN(C(=O)CN2NC(c3ccccc3)=CCC2=O)CC1. The normalized spacial score (nSPS) is 19.0. The van der Waals surface area contributed by atoms with Gasteiger partial charge in [-0.05, 0) is 18.6 Å². The molecule has 2 N–H and O–H groups in total. The molecule has 128 valence electrons. The Morgan fingerprint density at radius 3 is 2.58 bits per heavy atom. The molecule has 2 aliphatic heterocycles. The van der Waals surface area contributed by atoms with Gasteiger partial charge in [0.25, 0.3) is 0 Å². The van der Waals surface area contributed by atoms with E-state index in [2.05, 4.69) is 12.3 Å². The molecule has 1 aromatic rings.